The normalized spacial score (nSPS) is 25.3. The maximum atomic E-state index is 11.9. The second-order valence-corrected chi connectivity index (χ2v) is 6.71. The number of rotatable bonds is 4. The highest BCUT2D eigenvalue weighted by molar-refractivity contribution is 7.99. The number of para-hydroxylation sites is 2. The Morgan fingerprint density at radius 1 is 1.57 bits per heavy atom. The Morgan fingerprint density at radius 3 is 3.14 bits per heavy atom. The number of nitrogens with two attached hydrogens (primary N) is 1. The van der Waals surface area contributed by atoms with E-state index in [1.807, 2.05) is 24.3 Å². The summed E-state index contributed by atoms with van der Waals surface area (Å²) in [5, 5.41) is 1.18. The number of carbonyl (C=O) groups is 1. The number of fused-ring (bicyclic) bond motifs is 1. The smallest absolute Gasteiger partial charge is 0.326 e. The molecule has 5 nitrogen and oxygen atoms in total. The highest BCUT2D eigenvalue weighted by Gasteiger charge is 2.43. The molecule has 0 saturated heterocycles. The lowest BCUT2D eigenvalue weighted by atomic mass is 10.00. The average molecular weight is 305 g/mol. The number of carbonyl (C=O) groups excluding carboxylic acids is 1. The van der Waals surface area contributed by atoms with E-state index in [1.54, 1.807) is 18.7 Å². The van der Waals surface area contributed by atoms with Crippen molar-refractivity contribution >= 4 is 28.8 Å². The average Bonchev–Trinajstić information content (AvgIpc) is 3.03. The number of hydrogen-bond donors (Lipinski definition) is 2. The van der Waals surface area contributed by atoms with E-state index >= 15 is 0 Å². The van der Waals surface area contributed by atoms with E-state index in [0.29, 0.717) is 24.7 Å². The number of ether oxygens (including phenoxy) is 1. The zero-order chi connectivity index (χ0) is 14.9. The van der Waals surface area contributed by atoms with Gasteiger partial charge in [-0.05, 0) is 38.3 Å². The number of nitrogens with zero attached hydrogens (tertiary/aromatic N) is 1. The number of aromatic nitrogens is 2. The monoisotopic (exact) mass is 305 g/mol. The van der Waals surface area contributed by atoms with Crippen LogP contribution < -0.4 is 5.73 Å². The van der Waals surface area contributed by atoms with Gasteiger partial charge in [-0.1, -0.05) is 23.9 Å². The third-order valence-corrected chi connectivity index (χ3v) is 4.98. The van der Waals surface area contributed by atoms with Gasteiger partial charge in [0.25, 0.3) is 0 Å². The van der Waals surface area contributed by atoms with Gasteiger partial charge in [0.15, 0.2) is 5.16 Å². The van der Waals surface area contributed by atoms with Crippen molar-refractivity contribution in [1.29, 1.82) is 0 Å². The standard InChI is InChI=1S/C15H19N3O2S/c1-2-20-13(19)15(16)8-7-10(9-15)21-14-17-11-5-3-4-6-12(11)18-14/h3-6,10H,2,7-9,16H2,1H3,(H,17,18). The van der Waals surface area contributed by atoms with Crippen LogP contribution in [0.25, 0.3) is 11.0 Å². The molecule has 0 spiro atoms. The summed E-state index contributed by atoms with van der Waals surface area (Å²) in [5.74, 6) is -0.280. The van der Waals surface area contributed by atoms with Crippen LogP contribution in [-0.2, 0) is 9.53 Å². The van der Waals surface area contributed by atoms with Crippen molar-refractivity contribution in [3.05, 3.63) is 24.3 Å². The van der Waals surface area contributed by atoms with E-state index in [0.717, 1.165) is 22.6 Å². The van der Waals surface area contributed by atoms with E-state index < -0.39 is 5.54 Å². The molecule has 0 bridgehead atoms. The van der Waals surface area contributed by atoms with Gasteiger partial charge in [0.2, 0.25) is 0 Å². The summed E-state index contributed by atoms with van der Waals surface area (Å²) < 4.78 is 5.08. The topological polar surface area (TPSA) is 81.0 Å². The fourth-order valence-electron chi connectivity index (χ4n) is 2.73. The summed E-state index contributed by atoms with van der Waals surface area (Å²) in [4.78, 5) is 19.8. The molecule has 0 aliphatic heterocycles. The van der Waals surface area contributed by atoms with Crippen molar-refractivity contribution < 1.29 is 9.53 Å². The summed E-state index contributed by atoms with van der Waals surface area (Å²) in [5.41, 5.74) is 7.35. The van der Waals surface area contributed by atoms with Gasteiger partial charge < -0.3 is 15.5 Å². The highest BCUT2D eigenvalue weighted by Crippen LogP contribution is 2.39. The predicted octanol–water partition coefficient (Wildman–Crippen LogP) is 2.47. The van der Waals surface area contributed by atoms with E-state index in [2.05, 4.69) is 9.97 Å². The van der Waals surface area contributed by atoms with Gasteiger partial charge in [-0.15, -0.1) is 0 Å². The van der Waals surface area contributed by atoms with Crippen molar-refractivity contribution in [2.75, 3.05) is 6.61 Å². The fraction of sp³-hybridized carbons (Fsp3) is 0.467. The van der Waals surface area contributed by atoms with Crippen molar-refractivity contribution in [1.82, 2.24) is 9.97 Å². The molecule has 112 valence electrons. The Labute approximate surface area is 127 Å². The zero-order valence-corrected chi connectivity index (χ0v) is 12.8. The number of thioether (sulfide) groups is 1. The molecule has 0 radical (unpaired) electrons. The molecule has 1 heterocycles. The molecule has 1 fully saturated rings. The molecule has 1 saturated carbocycles. The Balaban J connectivity index is 1.68. The molecule has 0 amide bonds. The van der Waals surface area contributed by atoms with Crippen LogP contribution in [0.4, 0.5) is 0 Å². The number of nitrogens with one attached hydrogen (secondary N) is 1. The van der Waals surface area contributed by atoms with Crippen LogP contribution in [-0.4, -0.2) is 33.3 Å². The molecule has 2 unspecified atom stereocenters. The molecule has 1 aliphatic carbocycles. The Bertz CT molecular complexity index is 624. The molecule has 21 heavy (non-hydrogen) atoms. The van der Waals surface area contributed by atoms with Crippen LogP contribution in [0.15, 0.2) is 29.4 Å². The predicted molar refractivity (Wildman–Crippen MR) is 83.1 cm³/mol. The second kappa shape index (κ2) is 5.69. The molecule has 3 rings (SSSR count). The van der Waals surface area contributed by atoms with Crippen molar-refractivity contribution in [3.8, 4) is 0 Å². The first kappa shape index (κ1) is 14.4. The first-order valence-electron chi connectivity index (χ1n) is 7.18. The minimum atomic E-state index is -0.834. The van der Waals surface area contributed by atoms with Gasteiger partial charge in [-0.3, -0.25) is 4.79 Å². The minimum absolute atomic E-state index is 0.280. The lowest BCUT2D eigenvalue weighted by molar-refractivity contribution is -0.149. The molecule has 1 aliphatic rings. The molecule has 1 aromatic carbocycles. The molecule has 3 N–H and O–H groups in total. The molecule has 2 aromatic rings. The number of esters is 1. The van der Waals surface area contributed by atoms with Crippen LogP contribution in [0.2, 0.25) is 0 Å². The van der Waals surface area contributed by atoms with Crippen LogP contribution in [0, 0.1) is 0 Å². The third-order valence-electron chi connectivity index (χ3n) is 3.83. The number of aromatic amines is 1. The number of benzene rings is 1. The second-order valence-electron chi connectivity index (χ2n) is 5.42. The van der Waals surface area contributed by atoms with Crippen LogP contribution in [0.5, 0.6) is 0 Å². The van der Waals surface area contributed by atoms with Crippen LogP contribution in [0.3, 0.4) is 0 Å². The Kier molecular flexibility index (Phi) is 3.91. The Morgan fingerprint density at radius 2 is 2.38 bits per heavy atom. The summed E-state index contributed by atoms with van der Waals surface area (Å²) >= 11 is 1.66. The van der Waals surface area contributed by atoms with Gasteiger partial charge in [0.1, 0.15) is 5.54 Å². The van der Waals surface area contributed by atoms with Crippen LogP contribution >= 0.6 is 11.8 Å². The largest absolute Gasteiger partial charge is 0.465 e. The molecular weight excluding hydrogens is 286 g/mol. The van der Waals surface area contributed by atoms with Gasteiger partial charge >= 0.3 is 5.97 Å². The van der Waals surface area contributed by atoms with E-state index in [9.17, 15) is 4.79 Å². The minimum Gasteiger partial charge on any atom is -0.465 e. The van der Waals surface area contributed by atoms with E-state index in [1.165, 1.54) is 0 Å². The van der Waals surface area contributed by atoms with Crippen molar-refractivity contribution in [2.45, 2.75) is 42.1 Å². The lowest BCUT2D eigenvalue weighted by Crippen LogP contribution is -2.47. The summed E-state index contributed by atoms with van der Waals surface area (Å²) in [6, 6.07) is 7.94. The molecule has 2 atom stereocenters. The molecular formula is C15H19N3O2S. The quantitative estimate of drug-likeness (QED) is 0.848. The van der Waals surface area contributed by atoms with Gasteiger partial charge in [-0.25, -0.2) is 4.98 Å². The SMILES string of the molecule is CCOC(=O)C1(N)CCC(Sc2nc3ccccc3[nH]2)C1. The number of H-pyrrole nitrogens is 1. The summed E-state index contributed by atoms with van der Waals surface area (Å²) in [6.45, 7) is 2.18. The third kappa shape index (κ3) is 2.91. The maximum Gasteiger partial charge on any atom is 0.326 e. The maximum absolute atomic E-state index is 11.9. The number of imidazole rings is 1. The molecule has 1 aromatic heterocycles. The first-order chi connectivity index (χ1) is 10.1. The van der Waals surface area contributed by atoms with Gasteiger partial charge in [-0.2, -0.15) is 0 Å². The van der Waals surface area contributed by atoms with Crippen LogP contribution in [0.1, 0.15) is 26.2 Å². The fourth-order valence-corrected chi connectivity index (χ4v) is 3.98. The molecule has 6 heteroatoms. The number of hydrogen-bond acceptors (Lipinski definition) is 5. The van der Waals surface area contributed by atoms with E-state index in [4.69, 9.17) is 10.5 Å². The highest BCUT2D eigenvalue weighted by atomic mass is 32.2. The lowest BCUT2D eigenvalue weighted by Gasteiger charge is -2.21. The van der Waals surface area contributed by atoms with Gasteiger partial charge in [0, 0.05) is 5.25 Å². The van der Waals surface area contributed by atoms with Crippen molar-refractivity contribution in [2.24, 2.45) is 5.73 Å². The van der Waals surface area contributed by atoms with E-state index in [-0.39, 0.29) is 5.97 Å². The Hall–Kier alpha value is -1.53. The summed E-state index contributed by atoms with van der Waals surface area (Å²) in [7, 11) is 0. The first-order valence-corrected chi connectivity index (χ1v) is 8.06. The van der Waals surface area contributed by atoms with Gasteiger partial charge in [0.05, 0.1) is 17.6 Å². The zero-order valence-electron chi connectivity index (χ0n) is 12.0. The summed E-state index contributed by atoms with van der Waals surface area (Å²) in [6.07, 6.45) is 2.20. The van der Waals surface area contributed by atoms with Crippen molar-refractivity contribution in [3.63, 3.8) is 0 Å².